The van der Waals surface area contributed by atoms with Gasteiger partial charge in [0.2, 0.25) is 0 Å². The van der Waals surface area contributed by atoms with Crippen LogP contribution in [0.5, 0.6) is 11.5 Å². The Balaban J connectivity index is 1.55. The van der Waals surface area contributed by atoms with Gasteiger partial charge in [-0.05, 0) is 50.3 Å². The van der Waals surface area contributed by atoms with E-state index in [1.165, 1.54) is 12.1 Å². The molecule has 0 atom stereocenters. The second kappa shape index (κ2) is 7.64. The molecule has 28 heavy (non-hydrogen) atoms. The molecule has 0 unspecified atom stereocenters. The van der Waals surface area contributed by atoms with Crippen LogP contribution >= 0.6 is 0 Å². The average Bonchev–Trinajstić information content (AvgIpc) is 2.68. The quantitative estimate of drug-likeness (QED) is 0.759. The van der Waals surface area contributed by atoms with Gasteiger partial charge in [-0.3, -0.25) is 0 Å². The number of halogens is 3. The second-order valence-corrected chi connectivity index (χ2v) is 7.40. The fraction of sp³-hybridized carbons (Fsp3) is 0.429. The monoisotopic (exact) mass is 391 g/mol. The highest BCUT2D eigenvalue weighted by Crippen LogP contribution is 2.48. The first-order chi connectivity index (χ1) is 13.4. The zero-order valence-electron chi connectivity index (χ0n) is 15.9. The largest absolute Gasteiger partial charge is 0.453 e. The number of rotatable bonds is 4. The molecule has 0 N–H and O–H groups in total. The molecule has 2 aliphatic heterocycles. The summed E-state index contributed by atoms with van der Waals surface area (Å²) in [6.45, 7) is 5.75. The number of hydrogen-bond donors (Lipinski definition) is 0. The molecule has 0 amide bonds. The summed E-state index contributed by atoms with van der Waals surface area (Å²) in [5, 5.41) is 0. The van der Waals surface area contributed by atoms with Gasteiger partial charge in [0.25, 0.3) is 0 Å². The molecule has 2 aromatic carbocycles. The lowest BCUT2D eigenvalue weighted by atomic mass is 10.1. The molecule has 1 saturated heterocycles. The van der Waals surface area contributed by atoms with Gasteiger partial charge < -0.3 is 19.4 Å². The van der Waals surface area contributed by atoms with Crippen molar-refractivity contribution in [2.75, 3.05) is 51.2 Å². The maximum absolute atomic E-state index is 13.2. The molecule has 0 aromatic heterocycles. The summed E-state index contributed by atoms with van der Waals surface area (Å²) in [6, 6.07) is 11.2. The number of alkyl halides is 3. The van der Waals surface area contributed by atoms with E-state index in [2.05, 4.69) is 16.8 Å². The number of benzene rings is 2. The van der Waals surface area contributed by atoms with Crippen LogP contribution < -0.4 is 9.64 Å². The van der Waals surface area contributed by atoms with Crippen molar-refractivity contribution in [2.45, 2.75) is 12.6 Å². The van der Waals surface area contributed by atoms with Crippen LogP contribution in [0.1, 0.15) is 12.0 Å². The normalized spacial score (nSPS) is 17.8. The molecule has 0 saturated carbocycles. The van der Waals surface area contributed by atoms with Crippen LogP contribution in [0.2, 0.25) is 0 Å². The van der Waals surface area contributed by atoms with E-state index in [9.17, 15) is 13.2 Å². The van der Waals surface area contributed by atoms with Crippen molar-refractivity contribution in [3.63, 3.8) is 0 Å². The summed E-state index contributed by atoms with van der Waals surface area (Å²) < 4.78 is 45.6. The molecule has 0 bridgehead atoms. The zero-order valence-corrected chi connectivity index (χ0v) is 15.9. The van der Waals surface area contributed by atoms with Gasteiger partial charge in [-0.1, -0.05) is 12.1 Å². The van der Waals surface area contributed by atoms with Gasteiger partial charge in [0.15, 0.2) is 11.5 Å². The van der Waals surface area contributed by atoms with Crippen LogP contribution in [-0.2, 0) is 6.18 Å². The molecule has 2 aliphatic rings. The summed E-state index contributed by atoms with van der Waals surface area (Å²) >= 11 is 0. The lowest BCUT2D eigenvalue weighted by molar-refractivity contribution is -0.137. The van der Waals surface area contributed by atoms with Crippen LogP contribution in [0.3, 0.4) is 0 Å². The Morgan fingerprint density at radius 2 is 1.61 bits per heavy atom. The standard InChI is InChI=1S/C21H24F3N3O/c1-25-11-13-26(14-12-25)9-4-10-27-17-5-2-3-6-19(17)28-20-8-7-16(15-18(20)27)21(22,23)24/h2-3,5-8,15H,4,9-14H2,1H3. The van der Waals surface area contributed by atoms with E-state index >= 15 is 0 Å². The van der Waals surface area contributed by atoms with Crippen LogP contribution in [-0.4, -0.2) is 56.1 Å². The number of hydrogen-bond acceptors (Lipinski definition) is 4. The van der Waals surface area contributed by atoms with Crippen molar-refractivity contribution in [3.8, 4) is 11.5 Å². The molecule has 4 rings (SSSR count). The molecule has 1 fully saturated rings. The van der Waals surface area contributed by atoms with Gasteiger partial charge in [0.1, 0.15) is 0 Å². The summed E-state index contributed by atoms with van der Waals surface area (Å²) in [5.74, 6) is 1.14. The van der Waals surface area contributed by atoms with Gasteiger partial charge in [0.05, 0.1) is 16.9 Å². The Morgan fingerprint density at radius 1 is 0.893 bits per heavy atom. The molecule has 0 aliphatic carbocycles. The number of para-hydroxylation sites is 2. The van der Waals surface area contributed by atoms with Crippen molar-refractivity contribution in [2.24, 2.45) is 0 Å². The van der Waals surface area contributed by atoms with E-state index in [0.29, 0.717) is 23.7 Å². The first kappa shape index (κ1) is 19.1. The van der Waals surface area contributed by atoms with Crippen molar-refractivity contribution < 1.29 is 17.9 Å². The van der Waals surface area contributed by atoms with Crippen LogP contribution in [0.4, 0.5) is 24.5 Å². The number of fused-ring (bicyclic) bond motifs is 2. The number of anilines is 2. The smallest absolute Gasteiger partial charge is 0.416 e. The first-order valence-corrected chi connectivity index (χ1v) is 9.58. The van der Waals surface area contributed by atoms with Gasteiger partial charge in [-0.25, -0.2) is 0 Å². The van der Waals surface area contributed by atoms with Gasteiger partial charge in [-0.15, -0.1) is 0 Å². The Bertz CT molecular complexity index is 832. The average molecular weight is 391 g/mol. The minimum absolute atomic E-state index is 0.464. The number of piperazine rings is 1. The van der Waals surface area contributed by atoms with Crippen LogP contribution in [0.15, 0.2) is 42.5 Å². The molecule has 7 heteroatoms. The third-order valence-electron chi connectivity index (χ3n) is 5.40. The molecule has 4 nitrogen and oxygen atoms in total. The summed E-state index contributed by atoms with van der Waals surface area (Å²) in [7, 11) is 2.12. The van der Waals surface area contributed by atoms with Gasteiger partial charge in [0, 0.05) is 32.7 Å². The number of likely N-dealkylation sites (N-methyl/N-ethyl adjacent to an activating group) is 1. The molecule has 150 valence electrons. The summed E-state index contributed by atoms with van der Waals surface area (Å²) in [5.41, 5.74) is 0.637. The first-order valence-electron chi connectivity index (χ1n) is 9.58. The Kier molecular flexibility index (Phi) is 5.21. The maximum atomic E-state index is 13.2. The van der Waals surface area contributed by atoms with Crippen LogP contribution in [0.25, 0.3) is 0 Å². The number of ether oxygens (including phenoxy) is 1. The van der Waals surface area contributed by atoms with Gasteiger partial charge >= 0.3 is 6.18 Å². The van der Waals surface area contributed by atoms with Crippen molar-refractivity contribution in [3.05, 3.63) is 48.0 Å². The summed E-state index contributed by atoms with van der Waals surface area (Å²) in [4.78, 5) is 6.68. The third-order valence-corrected chi connectivity index (χ3v) is 5.40. The minimum atomic E-state index is -4.38. The Labute approximate surface area is 163 Å². The van der Waals surface area contributed by atoms with E-state index in [4.69, 9.17) is 4.74 Å². The predicted octanol–water partition coefficient (Wildman–Crippen LogP) is 4.59. The highest BCUT2D eigenvalue weighted by Gasteiger charge is 2.33. The Morgan fingerprint density at radius 3 is 2.36 bits per heavy atom. The van der Waals surface area contributed by atoms with Crippen molar-refractivity contribution in [1.29, 1.82) is 0 Å². The second-order valence-electron chi connectivity index (χ2n) is 7.40. The molecular formula is C21H24F3N3O. The molecule has 2 aromatic rings. The van der Waals surface area contributed by atoms with E-state index in [0.717, 1.165) is 50.9 Å². The van der Waals surface area contributed by atoms with Crippen LogP contribution in [0, 0.1) is 0 Å². The van der Waals surface area contributed by atoms with E-state index in [1.807, 2.05) is 29.2 Å². The lowest BCUT2D eigenvalue weighted by Crippen LogP contribution is -2.45. The lowest BCUT2D eigenvalue weighted by Gasteiger charge is -2.35. The molecule has 2 heterocycles. The SMILES string of the molecule is CN1CCN(CCCN2c3ccccc3Oc3ccc(C(F)(F)F)cc32)CC1. The highest BCUT2D eigenvalue weighted by atomic mass is 19.4. The maximum Gasteiger partial charge on any atom is 0.416 e. The fourth-order valence-corrected chi connectivity index (χ4v) is 3.77. The predicted molar refractivity (Wildman–Crippen MR) is 104 cm³/mol. The Hall–Kier alpha value is -2.25. The zero-order chi connectivity index (χ0) is 19.7. The molecular weight excluding hydrogens is 367 g/mol. The molecule has 0 spiro atoms. The topological polar surface area (TPSA) is 19.0 Å². The molecule has 0 radical (unpaired) electrons. The van der Waals surface area contributed by atoms with Gasteiger partial charge in [-0.2, -0.15) is 13.2 Å². The van der Waals surface area contributed by atoms with Crippen molar-refractivity contribution in [1.82, 2.24) is 9.80 Å². The number of nitrogens with zero attached hydrogens (tertiary/aromatic N) is 3. The highest BCUT2D eigenvalue weighted by molar-refractivity contribution is 5.78. The minimum Gasteiger partial charge on any atom is -0.453 e. The summed E-state index contributed by atoms with van der Waals surface area (Å²) in [6.07, 6.45) is -3.51. The van der Waals surface area contributed by atoms with E-state index in [1.54, 1.807) is 0 Å². The fourth-order valence-electron chi connectivity index (χ4n) is 3.77. The van der Waals surface area contributed by atoms with E-state index < -0.39 is 11.7 Å². The third kappa shape index (κ3) is 3.95. The van der Waals surface area contributed by atoms with E-state index in [-0.39, 0.29) is 0 Å². The van der Waals surface area contributed by atoms with Crippen molar-refractivity contribution >= 4 is 11.4 Å².